The molecule has 0 aliphatic rings. The highest BCUT2D eigenvalue weighted by molar-refractivity contribution is 5.92. The molecule has 1 amide bonds. The molecule has 0 fully saturated rings. The molecule has 2 N–H and O–H groups in total. The van der Waals surface area contributed by atoms with Crippen LogP contribution in [0.1, 0.15) is 16.2 Å². The van der Waals surface area contributed by atoms with Crippen molar-refractivity contribution in [2.45, 2.75) is 6.54 Å². The zero-order chi connectivity index (χ0) is 15.8. The van der Waals surface area contributed by atoms with Crippen molar-refractivity contribution in [3.63, 3.8) is 0 Å². The molecular formula is C15H20N6O. The van der Waals surface area contributed by atoms with Crippen LogP contribution < -0.4 is 10.6 Å². The number of nitrogens with zero attached hydrogens (tertiary/aromatic N) is 4. The van der Waals surface area contributed by atoms with Gasteiger partial charge in [0.15, 0.2) is 0 Å². The van der Waals surface area contributed by atoms with Gasteiger partial charge in [0.05, 0.1) is 12.2 Å². The summed E-state index contributed by atoms with van der Waals surface area (Å²) in [4.78, 5) is 26.3. The van der Waals surface area contributed by atoms with Crippen molar-refractivity contribution in [1.82, 2.24) is 25.2 Å². The topological polar surface area (TPSA) is 83.0 Å². The molecule has 7 heteroatoms. The second-order valence-electron chi connectivity index (χ2n) is 5.02. The van der Waals surface area contributed by atoms with Crippen LogP contribution >= 0.6 is 0 Å². The van der Waals surface area contributed by atoms with E-state index in [1.165, 1.54) is 6.33 Å². The second-order valence-corrected chi connectivity index (χ2v) is 5.02. The van der Waals surface area contributed by atoms with Crippen molar-refractivity contribution in [2.24, 2.45) is 0 Å². The SMILES string of the molecule is CN(C)CCNC(=O)c1cc(NCc2ccccn2)ncn1. The number of hydrogen-bond donors (Lipinski definition) is 2. The van der Waals surface area contributed by atoms with Crippen molar-refractivity contribution < 1.29 is 4.79 Å². The van der Waals surface area contributed by atoms with E-state index >= 15 is 0 Å². The number of nitrogens with one attached hydrogen (secondary N) is 2. The molecule has 2 heterocycles. The van der Waals surface area contributed by atoms with E-state index in [9.17, 15) is 4.79 Å². The van der Waals surface area contributed by atoms with E-state index < -0.39 is 0 Å². The summed E-state index contributed by atoms with van der Waals surface area (Å²) in [5.41, 5.74) is 1.25. The lowest BCUT2D eigenvalue weighted by Gasteiger charge is -2.10. The lowest BCUT2D eigenvalue weighted by Crippen LogP contribution is -2.31. The highest BCUT2D eigenvalue weighted by Crippen LogP contribution is 2.06. The number of carbonyl (C=O) groups is 1. The minimum atomic E-state index is -0.204. The first-order chi connectivity index (χ1) is 10.6. The fourth-order valence-corrected chi connectivity index (χ4v) is 1.75. The standard InChI is InChI=1S/C15H20N6O/c1-21(2)8-7-17-15(22)13-9-14(20-11-19-13)18-10-12-5-3-4-6-16-12/h3-6,9,11H,7-8,10H2,1-2H3,(H,17,22)(H,18,19,20). The Morgan fingerprint density at radius 1 is 1.23 bits per heavy atom. The number of hydrogen-bond acceptors (Lipinski definition) is 6. The average Bonchev–Trinajstić information content (AvgIpc) is 2.54. The van der Waals surface area contributed by atoms with Crippen LogP contribution in [0.5, 0.6) is 0 Å². The van der Waals surface area contributed by atoms with Gasteiger partial charge in [-0.2, -0.15) is 0 Å². The van der Waals surface area contributed by atoms with Crippen LogP contribution in [0.2, 0.25) is 0 Å². The first kappa shape index (κ1) is 15.8. The molecule has 0 saturated heterocycles. The number of likely N-dealkylation sites (N-methyl/N-ethyl adjacent to an activating group) is 1. The number of amides is 1. The largest absolute Gasteiger partial charge is 0.364 e. The number of anilines is 1. The van der Waals surface area contributed by atoms with Gasteiger partial charge in [-0.25, -0.2) is 9.97 Å². The zero-order valence-corrected chi connectivity index (χ0v) is 12.8. The molecule has 0 radical (unpaired) electrons. The Morgan fingerprint density at radius 2 is 2.09 bits per heavy atom. The highest BCUT2D eigenvalue weighted by Gasteiger charge is 2.08. The number of pyridine rings is 1. The average molecular weight is 300 g/mol. The first-order valence-corrected chi connectivity index (χ1v) is 7.04. The Bertz CT molecular complexity index is 602. The van der Waals surface area contributed by atoms with Crippen LogP contribution in [-0.2, 0) is 6.54 Å². The van der Waals surface area contributed by atoms with E-state index in [1.54, 1.807) is 12.3 Å². The van der Waals surface area contributed by atoms with Gasteiger partial charge in [-0.15, -0.1) is 0 Å². The Labute approximate surface area is 129 Å². The van der Waals surface area contributed by atoms with Crippen LogP contribution in [0.3, 0.4) is 0 Å². The fraction of sp³-hybridized carbons (Fsp3) is 0.333. The molecule has 0 aliphatic heterocycles. The molecule has 0 spiro atoms. The Kier molecular flexibility index (Phi) is 5.79. The van der Waals surface area contributed by atoms with E-state index in [4.69, 9.17) is 0 Å². The minimum Gasteiger partial charge on any atom is -0.364 e. The molecule has 2 rings (SSSR count). The summed E-state index contributed by atoms with van der Waals surface area (Å²) in [6, 6.07) is 7.34. The van der Waals surface area contributed by atoms with E-state index in [0.717, 1.165) is 12.2 Å². The van der Waals surface area contributed by atoms with Crippen LogP contribution in [0.15, 0.2) is 36.8 Å². The van der Waals surface area contributed by atoms with Gasteiger partial charge in [-0.05, 0) is 26.2 Å². The van der Waals surface area contributed by atoms with Gasteiger partial charge in [-0.3, -0.25) is 9.78 Å². The summed E-state index contributed by atoms with van der Waals surface area (Å²) in [5, 5.41) is 5.95. The van der Waals surface area contributed by atoms with Gasteiger partial charge in [0.2, 0.25) is 0 Å². The van der Waals surface area contributed by atoms with Gasteiger partial charge in [0, 0.05) is 25.4 Å². The third-order valence-electron chi connectivity index (χ3n) is 2.92. The molecule has 0 saturated carbocycles. The molecule has 116 valence electrons. The first-order valence-electron chi connectivity index (χ1n) is 7.04. The van der Waals surface area contributed by atoms with Gasteiger partial charge in [-0.1, -0.05) is 6.07 Å². The molecule has 0 atom stereocenters. The summed E-state index contributed by atoms with van der Waals surface area (Å²) in [6.07, 6.45) is 3.11. The summed E-state index contributed by atoms with van der Waals surface area (Å²) >= 11 is 0. The number of aromatic nitrogens is 3. The van der Waals surface area contributed by atoms with Crippen molar-refractivity contribution in [3.05, 3.63) is 48.2 Å². The number of carbonyl (C=O) groups excluding carboxylic acids is 1. The van der Waals surface area contributed by atoms with E-state index in [1.807, 2.05) is 37.2 Å². The zero-order valence-electron chi connectivity index (χ0n) is 12.8. The van der Waals surface area contributed by atoms with Gasteiger partial charge < -0.3 is 15.5 Å². The van der Waals surface area contributed by atoms with Crippen molar-refractivity contribution in [2.75, 3.05) is 32.5 Å². The fourth-order valence-electron chi connectivity index (χ4n) is 1.75. The molecule has 2 aromatic heterocycles. The van der Waals surface area contributed by atoms with Crippen LogP contribution in [-0.4, -0.2) is 52.9 Å². The lowest BCUT2D eigenvalue weighted by molar-refractivity contribution is 0.0946. The second kappa shape index (κ2) is 8.04. The summed E-state index contributed by atoms with van der Waals surface area (Å²) in [6.45, 7) is 1.90. The third-order valence-corrected chi connectivity index (χ3v) is 2.92. The normalized spacial score (nSPS) is 10.5. The van der Waals surface area contributed by atoms with Crippen molar-refractivity contribution in [1.29, 1.82) is 0 Å². The summed E-state index contributed by atoms with van der Waals surface area (Å²) < 4.78 is 0. The number of rotatable bonds is 7. The maximum atomic E-state index is 12.0. The van der Waals surface area contributed by atoms with E-state index in [0.29, 0.717) is 24.6 Å². The van der Waals surface area contributed by atoms with Crippen LogP contribution in [0.25, 0.3) is 0 Å². The maximum Gasteiger partial charge on any atom is 0.270 e. The van der Waals surface area contributed by atoms with Crippen LogP contribution in [0, 0.1) is 0 Å². The van der Waals surface area contributed by atoms with Crippen molar-refractivity contribution >= 4 is 11.7 Å². The minimum absolute atomic E-state index is 0.204. The lowest BCUT2D eigenvalue weighted by atomic mass is 10.3. The third kappa shape index (κ3) is 5.10. The monoisotopic (exact) mass is 300 g/mol. The molecule has 22 heavy (non-hydrogen) atoms. The van der Waals surface area contributed by atoms with Gasteiger partial charge >= 0.3 is 0 Å². The molecular weight excluding hydrogens is 280 g/mol. The Balaban J connectivity index is 1.90. The summed E-state index contributed by atoms with van der Waals surface area (Å²) in [7, 11) is 3.91. The quantitative estimate of drug-likeness (QED) is 0.786. The Morgan fingerprint density at radius 3 is 2.82 bits per heavy atom. The Hall–Kier alpha value is -2.54. The van der Waals surface area contributed by atoms with Gasteiger partial charge in [0.25, 0.3) is 5.91 Å². The predicted octanol–water partition coefficient (Wildman–Crippen LogP) is 0.775. The molecule has 0 aliphatic carbocycles. The van der Waals surface area contributed by atoms with Crippen molar-refractivity contribution in [3.8, 4) is 0 Å². The molecule has 0 bridgehead atoms. The summed E-state index contributed by atoms with van der Waals surface area (Å²) in [5.74, 6) is 0.392. The molecule has 0 unspecified atom stereocenters. The molecule has 0 aromatic carbocycles. The maximum absolute atomic E-state index is 12.0. The predicted molar refractivity (Wildman–Crippen MR) is 84.5 cm³/mol. The van der Waals surface area contributed by atoms with Gasteiger partial charge in [0.1, 0.15) is 17.8 Å². The van der Waals surface area contributed by atoms with E-state index in [2.05, 4.69) is 25.6 Å². The molecule has 2 aromatic rings. The highest BCUT2D eigenvalue weighted by atomic mass is 16.1. The molecule has 7 nitrogen and oxygen atoms in total. The van der Waals surface area contributed by atoms with E-state index in [-0.39, 0.29) is 5.91 Å². The van der Waals surface area contributed by atoms with Crippen LogP contribution in [0.4, 0.5) is 5.82 Å². The smallest absolute Gasteiger partial charge is 0.270 e.